The number of benzene rings is 2. The molecule has 2 aliphatic heterocycles. The summed E-state index contributed by atoms with van der Waals surface area (Å²) in [7, 11) is 0. The van der Waals surface area contributed by atoms with E-state index in [0.717, 1.165) is 65.3 Å². The van der Waals surface area contributed by atoms with Gasteiger partial charge in [-0.15, -0.1) is 0 Å². The predicted octanol–water partition coefficient (Wildman–Crippen LogP) is 2.68. The molecule has 3 heterocycles. The lowest BCUT2D eigenvalue weighted by Crippen LogP contribution is -2.13. The molecule has 0 bridgehead atoms. The highest BCUT2D eigenvalue weighted by atomic mass is 16.5. The van der Waals surface area contributed by atoms with Crippen molar-refractivity contribution in [1.29, 1.82) is 0 Å². The molecule has 23 heavy (non-hydrogen) atoms. The van der Waals surface area contributed by atoms with E-state index in [-0.39, 0.29) is 5.78 Å². The first-order valence-corrected chi connectivity index (χ1v) is 7.93. The summed E-state index contributed by atoms with van der Waals surface area (Å²) in [5.74, 6) is 0.817. The Hall–Kier alpha value is -2.82. The Labute approximate surface area is 132 Å². The van der Waals surface area contributed by atoms with E-state index in [1.54, 1.807) is 0 Å². The van der Waals surface area contributed by atoms with E-state index in [0.29, 0.717) is 5.56 Å². The summed E-state index contributed by atoms with van der Waals surface area (Å²) in [6, 6.07) is 9.77. The molecule has 5 nitrogen and oxygen atoms in total. The van der Waals surface area contributed by atoms with Crippen LogP contribution < -0.4 is 9.80 Å². The maximum absolute atomic E-state index is 13.1. The summed E-state index contributed by atoms with van der Waals surface area (Å²) >= 11 is 0. The van der Waals surface area contributed by atoms with Crippen LogP contribution in [0.4, 0.5) is 11.4 Å². The van der Waals surface area contributed by atoms with Crippen LogP contribution in [-0.2, 0) is 0 Å². The van der Waals surface area contributed by atoms with Crippen LogP contribution >= 0.6 is 0 Å². The molecule has 5 heteroatoms. The summed E-state index contributed by atoms with van der Waals surface area (Å²) in [5, 5.41) is 5.21. The van der Waals surface area contributed by atoms with E-state index in [9.17, 15) is 4.79 Å². The number of nitrogens with zero attached hydrogens (tertiary/aromatic N) is 3. The lowest BCUT2D eigenvalue weighted by Gasteiger charge is -2.19. The molecule has 0 spiro atoms. The Kier molecular flexibility index (Phi) is 1.90. The molecule has 3 aromatic rings. The number of carbonyl (C=O) groups is 1. The summed E-state index contributed by atoms with van der Waals surface area (Å²) in [4.78, 5) is 17.6. The van der Waals surface area contributed by atoms with Gasteiger partial charge in [-0.05, 0) is 6.07 Å². The number of anilines is 2. The summed E-state index contributed by atoms with van der Waals surface area (Å²) in [6.07, 6.45) is 0. The largest absolute Gasteiger partial charge is 0.367 e. The van der Waals surface area contributed by atoms with Gasteiger partial charge in [-0.2, -0.15) is 0 Å². The Bertz CT molecular complexity index is 1010. The van der Waals surface area contributed by atoms with Crippen molar-refractivity contribution in [2.75, 3.05) is 36.0 Å². The zero-order chi connectivity index (χ0) is 15.1. The van der Waals surface area contributed by atoms with Gasteiger partial charge in [0.1, 0.15) is 5.52 Å². The van der Waals surface area contributed by atoms with Crippen molar-refractivity contribution in [3.05, 3.63) is 41.5 Å². The van der Waals surface area contributed by atoms with Crippen molar-refractivity contribution in [2.45, 2.75) is 0 Å². The van der Waals surface area contributed by atoms with Gasteiger partial charge in [0.05, 0.1) is 22.3 Å². The summed E-state index contributed by atoms with van der Waals surface area (Å²) in [5.41, 5.74) is 5.27. The summed E-state index contributed by atoms with van der Waals surface area (Å²) in [6.45, 7) is 4.10. The SMILES string of the molecule is O=C1c2ccccc2-c2onc3c(N4CC4)cc(N4CC4)c1c23. The molecule has 112 valence electrons. The van der Waals surface area contributed by atoms with E-state index in [1.165, 1.54) is 0 Å². The topological polar surface area (TPSA) is 49.1 Å². The average molecular weight is 303 g/mol. The molecular weight excluding hydrogens is 290 g/mol. The highest BCUT2D eigenvalue weighted by Gasteiger charge is 2.37. The third-order valence-corrected chi connectivity index (χ3v) is 4.93. The van der Waals surface area contributed by atoms with Gasteiger partial charge >= 0.3 is 0 Å². The minimum Gasteiger partial charge on any atom is -0.367 e. The van der Waals surface area contributed by atoms with Crippen LogP contribution in [0.5, 0.6) is 0 Å². The zero-order valence-electron chi connectivity index (χ0n) is 12.4. The fourth-order valence-corrected chi connectivity index (χ4v) is 3.59. The van der Waals surface area contributed by atoms with Crippen LogP contribution in [0.3, 0.4) is 0 Å². The zero-order valence-corrected chi connectivity index (χ0v) is 12.4. The minimum atomic E-state index is 0.0838. The van der Waals surface area contributed by atoms with Gasteiger partial charge in [0.25, 0.3) is 0 Å². The van der Waals surface area contributed by atoms with E-state index in [1.807, 2.05) is 24.3 Å². The second kappa shape index (κ2) is 3.74. The molecule has 0 saturated carbocycles. The Morgan fingerprint density at radius 3 is 2.39 bits per heavy atom. The van der Waals surface area contributed by atoms with Gasteiger partial charge in [0.2, 0.25) is 0 Å². The van der Waals surface area contributed by atoms with E-state index < -0.39 is 0 Å². The molecule has 0 N–H and O–H groups in total. The fourth-order valence-electron chi connectivity index (χ4n) is 3.59. The maximum atomic E-state index is 13.1. The monoisotopic (exact) mass is 303 g/mol. The van der Waals surface area contributed by atoms with E-state index in [2.05, 4.69) is 21.0 Å². The number of fused-ring (bicyclic) bond motifs is 2. The summed E-state index contributed by atoms with van der Waals surface area (Å²) < 4.78 is 5.70. The van der Waals surface area contributed by atoms with Crippen LogP contribution in [0.15, 0.2) is 34.9 Å². The van der Waals surface area contributed by atoms with Crippen LogP contribution in [-0.4, -0.2) is 37.1 Å². The van der Waals surface area contributed by atoms with E-state index in [4.69, 9.17) is 4.52 Å². The molecule has 1 aromatic heterocycles. The minimum absolute atomic E-state index is 0.0838. The van der Waals surface area contributed by atoms with E-state index >= 15 is 0 Å². The number of ketones is 1. The quantitative estimate of drug-likeness (QED) is 0.533. The number of hydrogen-bond donors (Lipinski definition) is 0. The molecule has 2 fully saturated rings. The smallest absolute Gasteiger partial charge is 0.196 e. The Morgan fingerprint density at radius 1 is 0.957 bits per heavy atom. The van der Waals surface area contributed by atoms with Gasteiger partial charge in [0, 0.05) is 37.3 Å². The van der Waals surface area contributed by atoms with Gasteiger partial charge in [0.15, 0.2) is 11.5 Å². The molecule has 0 unspecified atom stereocenters. The molecule has 0 radical (unpaired) electrons. The first-order chi connectivity index (χ1) is 11.3. The first kappa shape index (κ1) is 11.7. The predicted molar refractivity (Wildman–Crippen MR) is 87.3 cm³/mol. The third-order valence-electron chi connectivity index (χ3n) is 4.93. The molecule has 3 aliphatic rings. The molecule has 0 amide bonds. The normalized spacial score (nSPS) is 17.7. The fraction of sp³-hybridized carbons (Fsp3) is 0.222. The van der Waals surface area contributed by atoms with Crippen molar-refractivity contribution < 1.29 is 9.32 Å². The first-order valence-electron chi connectivity index (χ1n) is 7.93. The number of aromatic nitrogens is 1. The van der Waals surface area contributed by atoms with Crippen molar-refractivity contribution in [3.8, 4) is 11.3 Å². The van der Waals surface area contributed by atoms with Crippen molar-refractivity contribution >= 4 is 28.1 Å². The molecular formula is C18H13N3O2. The van der Waals surface area contributed by atoms with Crippen molar-refractivity contribution in [3.63, 3.8) is 0 Å². The standard InChI is InChI=1S/C18H13N3O2/c22-17-10-3-1-2-4-11(10)18-15-14(17)12(20-5-6-20)9-13(21-7-8-21)16(15)19-23-18/h1-4,9H,5-8H2. The van der Waals surface area contributed by atoms with Gasteiger partial charge < -0.3 is 14.3 Å². The highest BCUT2D eigenvalue weighted by Crippen LogP contribution is 2.48. The maximum Gasteiger partial charge on any atom is 0.196 e. The number of carbonyl (C=O) groups excluding carboxylic acids is 1. The number of hydrogen-bond acceptors (Lipinski definition) is 5. The Morgan fingerprint density at radius 2 is 1.65 bits per heavy atom. The van der Waals surface area contributed by atoms with Crippen molar-refractivity contribution in [2.24, 2.45) is 0 Å². The second-order valence-corrected chi connectivity index (χ2v) is 6.37. The lowest BCUT2D eigenvalue weighted by atomic mass is 9.86. The molecule has 1 aliphatic carbocycles. The van der Waals surface area contributed by atoms with Crippen molar-refractivity contribution in [1.82, 2.24) is 5.16 Å². The molecule has 0 atom stereocenters. The number of rotatable bonds is 2. The average Bonchev–Trinajstić information content (AvgIpc) is 3.49. The second-order valence-electron chi connectivity index (χ2n) is 6.37. The van der Waals surface area contributed by atoms with Gasteiger partial charge in [-0.25, -0.2) is 0 Å². The van der Waals surface area contributed by atoms with Crippen LogP contribution in [0.2, 0.25) is 0 Å². The van der Waals surface area contributed by atoms with Crippen LogP contribution in [0, 0.1) is 0 Å². The van der Waals surface area contributed by atoms with Crippen LogP contribution in [0.1, 0.15) is 15.9 Å². The van der Waals surface area contributed by atoms with Gasteiger partial charge in [-0.1, -0.05) is 29.4 Å². The van der Waals surface area contributed by atoms with Gasteiger partial charge in [-0.3, -0.25) is 4.79 Å². The molecule has 6 rings (SSSR count). The Balaban J connectivity index is 1.79. The third kappa shape index (κ3) is 1.42. The lowest BCUT2D eigenvalue weighted by molar-refractivity contribution is 0.104. The van der Waals surface area contributed by atoms with Crippen LogP contribution in [0.25, 0.3) is 22.2 Å². The molecule has 2 aromatic carbocycles. The highest BCUT2D eigenvalue weighted by molar-refractivity contribution is 6.28. The molecule has 2 saturated heterocycles.